The molecule has 1 aliphatic carbocycles. The van der Waals surface area contributed by atoms with Crippen LogP contribution in [0.4, 0.5) is 0 Å². The second kappa shape index (κ2) is 25.1. The minimum atomic E-state index is -2.43. The minimum Gasteiger partial charge on any atom is -0.460 e. The van der Waals surface area contributed by atoms with Gasteiger partial charge in [-0.3, -0.25) is 19.2 Å². The van der Waals surface area contributed by atoms with Crippen molar-refractivity contribution in [1.29, 1.82) is 0 Å². The molecular formula is C51H79NO13. The first-order valence-electron chi connectivity index (χ1n) is 23.9. The summed E-state index contributed by atoms with van der Waals surface area (Å²) in [6.07, 6.45) is 11.2. The first-order chi connectivity index (χ1) is 30.7. The van der Waals surface area contributed by atoms with Gasteiger partial charge < -0.3 is 43.9 Å². The number of carbonyl (C=O) groups excluding carboxylic acids is 5. The number of methoxy groups -OCH3 is 3. The molecule has 366 valence electrons. The van der Waals surface area contributed by atoms with Crippen LogP contribution >= 0.6 is 0 Å². The highest BCUT2D eigenvalue weighted by Gasteiger charge is 2.53. The number of ketones is 3. The molecule has 0 aromatic carbocycles. The molecule has 14 nitrogen and oxygen atoms in total. The number of amides is 1. The zero-order chi connectivity index (χ0) is 48.2. The maximum absolute atomic E-state index is 14.4. The third kappa shape index (κ3) is 14.3. The minimum absolute atomic E-state index is 0.0220. The van der Waals surface area contributed by atoms with E-state index in [1.807, 2.05) is 58.1 Å². The molecule has 65 heavy (non-hydrogen) atoms. The van der Waals surface area contributed by atoms with Crippen LogP contribution in [0.2, 0.25) is 0 Å². The van der Waals surface area contributed by atoms with E-state index >= 15 is 0 Å². The summed E-state index contributed by atoms with van der Waals surface area (Å²) >= 11 is 0. The Morgan fingerprint density at radius 1 is 0.862 bits per heavy atom. The van der Waals surface area contributed by atoms with E-state index < -0.39 is 83.9 Å². The Labute approximate surface area is 387 Å². The zero-order valence-electron chi connectivity index (χ0n) is 40.6. The molecule has 14 heteroatoms. The van der Waals surface area contributed by atoms with Crippen LogP contribution in [0.15, 0.2) is 47.6 Å². The summed E-state index contributed by atoms with van der Waals surface area (Å²) in [5, 5.41) is 33.9. The van der Waals surface area contributed by atoms with Gasteiger partial charge in [-0.2, -0.15) is 0 Å². The summed E-state index contributed by atoms with van der Waals surface area (Å²) in [6, 6.07) is -1.14. The third-order valence-corrected chi connectivity index (χ3v) is 14.5. The fourth-order valence-electron chi connectivity index (χ4n) is 10.1. The maximum atomic E-state index is 14.4. The topological polar surface area (TPSA) is 195 Å². The number of fused-ring (bicyclic) bond motifs is 3. The molecule has 3 fully saturated rings. The number of hydrogen-bond donors (Lipinski definition) is 3. The normalized spacial score (nSPS) is 38.6. The summed E-state index contributed by atoms with van der Waals surface area (Å²) in [4.78, 5) is 71.7. The van der Waals surface area contributed by atoms with Crippen molar-refractivity contribution in [2.24, 2.45) is 35.5 Å². The van der Waals surface area contributed by atoms with Crippen LogP contribution < -0.4 is 0 Å². The average Bonchev–Trinajstić information content (AvgIpc) is 3.28. The van der Waals surface area contributed by atoms with E-state index in [1.165, 1.54) is 12.0 Å². The Balaban J connectivity index is 1.70. The van der Waals surface area contributed by atoms with Crippen molar-refractivity contribution < 1.29 is 63.0 Å². The van der Waals surface area contributed by atoms with Crippen molar-refractivity contribution in [3.05, 3.63) is 47.6 Å². The van der Waals surface area contributed by atoms with E-state index in [1.54, 1.807) is 41.1 Å². The van der Waals surface area contributed by atoms with Gasteiger partial charge in [-0.1, -0.05) is 71.1 Å². The van der Waals surface area contributed by atoms with Crippen LogP contribution in [0.5, 0.6) is 0 Å². The van der Waals surface area contributed by atoms with E-state index in [-0.39, 0.29) is 54.8 Å². The Morgan fingerprint density at radius 3 is 2.26 bits per heavy atom. The number of piperidine rings is 1. The lowest BCUT2D eigenvalue weighted by molar-refractivity contribution is -0.265. The summed E-state index contributed by atoms with van der Waals surface area (Å²) < 4.78 is 29.4. The first kappa shape index (κ1) is 54.2. The van der Waals surface area contributed by atoms with Crippen molar-refractivity contribution in [1.82, 2.24) is 4.90 Å². The van der Waals surface area contributed by atoms with Gasteiger partial charge in [0.15, 0.2) is 11.6 Å². The number of esters is 1. The van der Waals surface area contributed by atoms with Gasteiger partial charge >= 0.3 is 5.97 Å². The molecular weight excluding hydrogens is 835 g/mol. The molecule has 3 heterocycles. The molecule has 5 unspecified atom stereocenters. The van der Waals surface area contributed by atoms with Crippen LogP contribution in [0.1, 0.15) is 126 Å². The Hall–Kier alpha value is -3.37. The number of nitrogens with zero attached hydrogens (tertiary/aromatic N) is 1. The van der Waals surface area contributed by atoms with Gasteiger partial charge in [0.1, 0.15) is 18.2 Å². The maximum Gasteiger partial charge on any atom is 0.329 e. The molecule has 2 bridgehead atoms. The number of ether oxygens (including phenoxy) is 5. The van der Waals surface area contributed by atoms with Crippen molar-refractivity contribution in [3.8, 4) is 0 Å². The van der Waals surface area contributed by atoms with Crippen molar-refractivity contribution in [3.63, 3.8) is 0 Å². The largest absolute Gasteiger partial charge is 0.460 e. The van der Waals surface area contributed by atoms with Crippen LogP contribution in [0, 0.1) is 35.5 Å². The number of cyclic esters (lactones) is 1. The fourth-order valence-corrected chi connectivity index (χ4v) is 10.1. The van der Waals surface area contributed by atoms with Gasteiger partial charge in [0, 0.05) is 58.5 Å². The number of allylic oxidation sites excluding steroid dienone is 6. The van der Waals surface area contributed by atoms with Crippen molar-refractivity contribution >= 4 is 29.2 Å². The van der Waals surface area contributed by atoms with Crippen LogP contribution in [-0.4, -0.2) is 132 Å². The lowest BCUT2D eigenvalue weighted by Crippen LogP contribution is -2.61. The Kier molecular flexibility index (Phi) is 21.0. The third-order valence-electron chi connectivity index (χ3n) is 14.5. The molecule has 0 aromatic heterocycles. The first-order valence-corrected chi connectivity index (χ1v) is 23.9. The fraction of sp³-hybridized carbons (Fsp3) is 0.745. The zero-order valence-corrected chi connectivity index (χ0v) is 40.6. The number of carbonyl (C=O) groups is 5. The summed E-state index contributed by atoms with van der Waals surface area (Å²) in [6.45, 7) is 12.7. The molecule has 2 saturated heterocycles. The van der Waals surface area contributed by atoms with E-state index in [4.69, 9.17) is 23.7 Å². The van der Waals surface area contributed by atoms with Gasteiger partial charge in [0.2, 0.25) is 5.79 Å². The van der Waals surface area contributed by atoms with Crippen molar-refractivity contribution in [2.45, 2.75) is 180 Å². The molecule has 4 rings (SSSR count). The summed E-state index contributed by atoms with van der Waals surface area (Å²) in [5.74, 6) is -7.93. The molecule has 0 spiro atoms. The summed E-state index contributed by atoms with van der Waals surface area (Å²) in [7, 11) is 4.53. The number of hydrogen-bond acceptors (Lipinski definition) is 13. The van der Waals surface area contributed by atoms with Crippen LogP contribution in [0.25, 0.3) is 0 Å². The molecule has 4 aliphatic rings. The van der Waals surface area contributed by atoms with Crippen LogP contribution in [0.3, 0.4) is 0 Å². The smallest absolute Gasteiger partial charge is 0.329 e. The van der Waals surface area contributed by atoms with E-state index in [0.29, 0.717) is 63.4 Å². The number of rotatable bonds is 6. The molecule has 1 saturated carbocycles. The number of aliphatic hydroxyl groups is 3. The molecule has 1 amide bonds. The van der Waals surface area contributed by atoms with Gasteiger partial charge in [-0.25, -0.2) is 4.79 Å². The van der Waals surface area contributed by atoms with E-state index in [0.717, 1.165) is 12.0 Å². The Morgan fingerprint density at radius 2 is 1.58 bits per heavy atom. The lowest BCUT2D eigenvalue weighted by Gasteiger charge is -2.42. The SMILES string of the molecule is COC1C(=O)C(C)C[C@H](C)C=CC=CC=C(C)[C@@H](OC)C[C@@H]2CC[C@@H](C)[C@@](O)(O2)C(=O)C(=O)N2CCCCC2C(=O)OC([C@H](C)C[C@@H]2CC[C@@H](O)[C@H](OC)C2)CC(=O)/C(C)=C/C(C)[C@H]1O. The van der Waals surface area contributed by atoms with E-state index in [2.05, 4.69) is 0 Å². The molecule has 3 aliphatic heterocycles. The second-order valence-corrected chi connectivity index (χ2v) is 19.6. The second-order valence-electron chi connectivity index (χ2n) is 19.6. The molecule has 0 aromatic rings. The lowest BCUT2D eigenvalue weighted by atomic mass is 9.78. The highest BCUT2D eigenvalue weighted by Crippen LogP contribution is 2.38. The Bertz CT molecular complexity index is 1760. The van der Waals surface area contributed by atoms with Gasteiger partial charge in [-0.05, 0) is 107 Å². The standard InChI is InChI=1S/C51H79NO13/c1-30-16-12-11-13-17-31(2)42(61-8)28-38-21-19-36(7)51(60,65-38)48(57)49(58)52-23-15-14-18-39(52)50(59)64-43(33(4)26-37-20-22-40(53)44(27-37)62-9)29-41(54)32(3)25-35(6)46(56)47(63-10)45(55)34(5)24-30/h11-13,16-17,25,30,33-40,42-44,46-47,53,56,60H,14-15,18-24,26-29H2,1-10H3/b13-11?,16-12?,31-17?,32-25+/t30-,33-,34?,35?,36-,37+,38+,39?,40-,42+,43?,44-,46-,47?,51-/m1/s1. The van der Waals surface area contributed by atoms with Crippen molar-refractivity contribution in [2.75, 3.05) is 27.9 Å². The number of aliphatic hydroxyl groups excluding tert-OH is 2. The number of Topliss-reactive ketones (excluding diaryl/α,β-unsaturated/α-hetero) is 3. The van der Waals surface area contributed by atoms with Gasteiger partial charge in [0.25, 0.3) is 11.7 Å². The predicted molar refractivity (Wildman–Crippen MR) is 245 cm³/mol. The highest BCUT2D eigenvalue weighted by atomic mass is 16.6. The van der Waals surface area contributed by atoms with E-state index in [9.17, 15) is 39.3 Å². The van der Waals surface area contributed by atoms with Crippen LogP contribution in [-0.2, 0) is 47.7 Å². The highest BCUT2D eigenvalue weighted by molar-refractivity contribution is 6.39. The van der Waals surface area contributed by atoms with Gasteiger partial charge in [-0.15, -0.1) is 0 Å². The monoisotopic (exact) mass is 914 g/mol. The predicted octanol–water partition coefficient (Wildman–Crippen LogP) is 6.18. The molecule has 0 radical (unpaired) electrons. The average molecular weight is 914 g/mol. The molecule has 15 atom stereocenters. The summed E-state index contributed by atoms with van der Waals surface area (Å²) in [5.41, 5.74) is 1.19. The molecule has 3 N–H and O–H groups in total. The van der Waals surface area contributed by atoms with Gasteiger partial charge in [0.05, 0.1) is 30.5 Å². The quantitative estimate of drug-likeness (QED) is 0.202.